The van der Waals surface area contributed by atoms with E-state index < -0.39 is 0 Å². The van der Waals surface area contributed by atoms with Gasteiger partial charge in [0.25, 0.3) is 5.91 Å². The molecule has 2 rings (SSSR count). The molecule has 2 aromatic rings. The van der Waals surface area contributed by atoms with E-state index >= 15 is 0 Å². The maximum atomic E-state index is 12.0. The number of nitrogens with zero attached hydrogens (tertiary/aromatic N) is 2. The Morgan fingerprint density at radius 1 is 1.23 bits per heavy atom. The molecule has 0 aliphatic heterocycles. The lowest BCUT2D eigenvalue weighted by Crippen LogP contribution is -2.24. The monoisotopic (exact) mass is 359 g/mol. The van der Waals surface area contributed by atoms with Crippen LogP contribution in [0.25, 0.3) is 5.69 Å². The first-order valence-electron chi connectivity index (χ1n) is 8.59. The number of esters is 1. The van der Waals surface area contributed by atoms with Crippen LogP contribution in [0.3, 0.4) is 0 Å². The summed E-state index contributed by atoms with van der Waals surface area (Å²) in [5, 5.41) is 16.1. The largest absolute Gasteiger partial charge is 0.469 e. The van der Waals surface area contributed by atoms with Crippen molar-refractivity contribution < 1.29 is 19.4 Å². The number of amides is 1. The lowest BCUT2D eigenvalue weighted by atomic mass is 10.1. The average molecular weight is 359 g/mol. The number of carbonyl (C=O) groups is 2. The van der Waals surface area contributed by atoms with Gasteiger partial charge < -0.3 is 15.2 Å². The molecule has 1 aromatic carbocycles. The van der Waals surface area contributed by atoms with Crippen LogP contribution in [-0.4, -0.2) is 47.0 Å². The molecule has 0 spiro atoms. The summed E-state index contributed by atoms with van der Waals surface area (Å²) < 4.78 is 6.51. The lowest BCUT2D eigenvalue weighted by molar-refractivity contribution is -0.140. The number of benzene rings is 1. The highest BCUT2D eigenvalue weighted by molar-refractivity contribution is 5.94. The van der Waals surface area contributed by atoms with Crippen LogP contribution < -0.4 is 5.32 Å². The van der Waals surface area contributed by atoms with Gasteiger partial charge in [-0.1, -0.05) is 0 Å². The third kappa shape index (κ3) is 4.70. The summed E-state index contributed by atoms with van der Waals surface area (Å²) in [6.45, 7) is 4.37. The molecule has 140 valence electrons. The highest BCUT2D eigenvalue weighted by atomic mass is 16.5. The third-order valence-electron chi connectivity index (χ3n) is 4.24. The Morgan fingerprint density at radius 3 is 2.54 bits per heavy atom. The Bertz CT molecular complexity index is 766. The molecule has 2 N–H and O–H groups in total. The van der Waals surface area contributed by atoms with Crippen LogP contribution in [0.15, 0.2) is 24.3 Å². The molecule has 0 saturated heterocycles. The first-order chi connectivity index (χ1) is 12.5. The van der Waals surface area contributed by atoms with Gasteiger partial charge in [-0.2, -0.15) is 5.10 Å². The molecule has 1 aromatic heterocycles. The molecular weight excluding hydrogens is 334 g/mol. The van der Waals surface area contributed by atoms with E-state index in [1.807, 2.05) is 30.7 Å². The van der Waals surface area contributed by atoms with E-state index in [9.17, 15) is 9.59 Å². The van der Waals surface area contributed by atoms with Crippen LogP contribution in [-0.2, 0) is 16.0 Å². The quantitative estimate of drug-likeness (QED) is 0.553. The molecular formula is C19H25N3O4. The fraction of sp³-hybridized carbons (Fsp3) is 0.421. The second kappa shape index (κ2) is 9.15. The van der Waals surface area contributed by atoms with Gasteiger partial charge in [-0.3, -0.25) is 9.59 Å². The normalized spacial score (nSPS) is 10.6. The number of aliphatic hydroxyl groups is 1. The van der Waals surface area contributed by atoms with Crippen molar-refractivity contribution >= 4 is 11.9 Å². The van der Waals surface area contributed by atoms with Crippen LogP contribution in [0.2, 0.25) is 0 Å². The number of methoxy groups -OCH3 is 1. The number of aromatic nitrogens is 2. The van der Waals surface area contributed by atoms with Gasteiger partial charge in [0.2, 0.25) is 0 Å². The number of ether oxygens (including phenoxy) is 1. The van der Waals surface area contributed by atoms with E-state index in [1.54, 1.807) is 12.1 Å². The number of hydrogen-bond acceptors (Lipinski definition) is 5. The van der Waals surface area contributed by atoms with E-state index in [1.165, 1.54) is 7.11 Å². The molecule has 1 amide bonds. The SMILES string of the molecule is COC(=O)CCc1c(C)nn(-c2ccc(C(=O)NCCCO)cc2)c1C. The Balaban J connectivity index is 2.13. The van der Waals surface area contributed by atoms with Crippen molar-refractivity contribution in [3.63, 3.8) is 0 Å². The van der Waals surface area contributed by atoms with Crippen molar-refractivity contribution in [3.8, 4) is 5.69 Å². The molecule has 0 fully saturated rings. The van der Waals surface area contributed by atoms with Gasteiger partial charge in [-0.15, -0.1) is 0 Å². The topological polar surface area (TPSA) is 93.5 Å². The van der Waals surface area contributed by atoms with Crippen LogP contribution in [0.4, 0.5) is 0 Å². The predicted octanol–water partition coefficient (Wildman–Crippen LogP) is 1.71. The highest BCUT2D eigenvalue weighted by Crippen LogP contribution is 2.20. The predicted molar refractivity (Wildman–Crippen MR) is 97.4 cm³/mol. The van der Waals surface area contributed by atoms with Crippen molar-refractivity contribution in [1.82, 2.24) is 15.1 Å². The van der Waals surface area contributed by atoms with Gasteiger partial charge in [0, 0.05) is 30.8 Å². The van der Waals surface area contributed by atoms with Gasteiger partial charge in [0.15, 0.2) is 0 Å². The second-order valence-corrected chi connectivity index (χ2v) is 6.02. The second-order valence-electron chi connectivity index (χ2n) is 6.02. The van der Waals surface area contributed by atoms with Crippen molar-refractivity contribution in [2.24, 2.45) is 0 Å². The van der Waals surface area contributed by atoms with Crippen molar-refractivity contribution in [2.45, 2.75) is 33.1 Å². The first-order valence-corrected chi connectivity index (χ1v) is 8.59. The number of aliphatic hydroxyl groups excluding tert-OH is 1. The van der Waals surface area contributed by atoms with Gasteiger partial charge in [-0.25, -0.2) is 4.68 Å². The summed E-state index contributed by atoms with van der Waals surface area (Å²) >= 11 is 0. The van der Waals surface area contributed by atoms with E-state index in [-0.39, 0.29) is 18.5 Å². The number of hydrogen-bond donors (Lipinski definition) is 2. The maximum absolute atomic E-state index is 12.0. The fourth-order valence-corrected chi connectivity index (χ4v) is 2.75. The molecule has 0 aliphatic rings. The Kier molecular flexibility index (Phi) is 6.91. The minimum atomic E-state index is -0.242. The molecule has 0 unspecified atom stereocenters. The van der Waals surface area contributed by atoms with Gasteiger partial charge in [0.1, 0.15) is 0 Å². The number of nitrogens with one attached hydrogen (secondary N) is 1. The van der Waals surface area contributed by atoms with E-state index in [0.717, 1.165) is 22.6 Å². The minimum Gasteiger partial charge on any atom is -0.469 e. The Morgan fingerprint density at radius 2 is 1.92 bits per heavy atom. The molecule has 7 heteroatoms. The summed E-state index contributed by atoms with van der Waals surface area (Å²) in [4.78, 5) is 23.4. The van der Waals surface area contributed by atoms with Gasteiger partial charge in [0.05, 0.1) is 18.5 Å². The molecule has 0 bridgehead atoms. The molecule has 0 saturated carbocycles. The van der Waals surface area contributed by atoms with E-state index in [0.29, 0.717) is 31.4 Å². The molecule has 0 radical (unpaired) electrons. The van der Waals surface area contributed by atoms with Crippen molar-refractivity contribution in [2.75, 3.05) is 20.3 Å². The molecule has 1 heterocycles. The van der Waals surface area contributed by atoms with Gasteiger partial charge >= 0.3 is 5.97 Å². The van der Waals surface area contributed by atoms with E-state index in [2.05, 4.69) is 10.4 Å². The molecule has 0 atom stereocenters. The number of rotatable bonds is 8. The summed E-state index contributed by atoms with van der Waals surface area (Å²) in [5.74, 6) is -0.412. The minimum absolute atomic E-state index is 0.0510. The number of aryl methyl sites for hydroxylation is 1. The smallest absolute Gasteiger partial charge is 0.305 e. The van der Waals surface area contributed by atoms with Crippen LogP contribution in [0, 0.1) is 13.8 Å². The van der Waals surface area contributed by atoms with Gasteiger partial charge in [-0.05, 0) is 56.5 Å². The summed E-state index contributed by atoms with van der Waals surface area (Å²) in [5.41, 5.74) is 4.27. The summed E-state index contributed by atoms with van der Waals surface area (Å²) in [6.07, 6.45) is 1.43. The Hall–Kier alpha value is -2.67. The zero-order chi connectivity index (χ0) is 19.1. The summed E-state index contributed by atoms with van der Waals surface area (Å²) in [7, 11) is 1.38. The maximum Gasteiger partial charge on any atom is 0.305 e. The number of carbonyl (C=O) groups excluding carboxylic acids is 2. The average Bonchev–Trinajstić information content (AvgIpc) is 2.93. The van der Waals surface area contributed by atoms with Crippen LogP contribution >= 0.6 is 0 Å². The summed E-state index contributed by atoms with van der Waals surface area (Å²) in [6, 6.07) is 7.16. The van der Waals surface area contributed by atoms with E-state index in [4.69, 9.17) is 9.84 Å². The standard InChI is InChI=1S/C19H25N3O4/c1-13-17(9-10-18(24)26-3)14(2)22(21-13)16-7-5-15(6-8-16)19(25)20-11-4-12-23/h5-8,23H,4,9-12H2,1-3H3,(H,20,25). The lowest BCUT2D eigenvalue weighted by Gasteiger charge is -2.08. The molecule has 0 aliphatic carbocycles. The Labute approximate surface area is 153 Å². The zero-order valence-corrected chi connectivity index (χ0v) is 15.4. The first kappa shape index (κ1) is 19.7. The van der Waals surface area contributed by atoms with Crippen LogP contribution in [0.5, 0.6) is 0 Å². The highest BCUT2D eigenvalue weighted by Gasteiger charge is 2.15. The molecule has 7 nitrogen and oxygen atoms in total. The van der Waals surface area contributed by atoms with Crippen molar-refractivity contribution in [3.05, 3.63) is 46.8 Å². The molecule has 26 heavy (non-hydrogen) atoms. The fourth-order valence-electron chi connectivity index (χ4n) is 2.75. The van der Waals surface area contributed by atoms with Crippen molar-refractivity contribution in [1.29, 1.82) is 0 Å². The zero-order valence-electron chi connectivity index (χ0n) is 15.4. The third-order valence-corrected chi connectivity index (χ3v) is 4.24. The van der Waals surface area contributed by atoms with Crippen LogP contribution in [0.1, 0.15) is 40.2 Å².